The van der Waals surface area contributed by atoms with E-state index in [0.29, 0.717) is 13.1 Å². The summed E-state index contributed by atoms with van der Waals surface area (Å²) in [6, 6.07) is 7.13. The maximum Gasteiger partial charge on any atom is 0.264 e. The van der Waals surface area contributed by atoms with Crippen molar-refractivity contribution in [3.63, 3.8) is 0 Å². The zero-order valence-corrected chi connectivity index (χ0v) is 17.5. The standard InChI is InChI=1S/C20H20ClF2N3O3S/c21-15-11-17(23)19(30(28,29)24-18-6-2-1-5-16(18)22)10-14(15)20(27)26-9-8-25-7-3-4-13(25)12-26/h1-2,5-6,10-11,13,24H,3-4,7-9,12H2/t13-/m0/s1. The molecule has 0 saturated carbocycles. The van der Waals surface area contributed by atoms with Crippen LogP contribution in [-0.4, -0.2) is 56.3 Å². The number of anilines is 1. The molecule has 4 rings (SSSR count). The van der Waals surface area contributed by atoms with E-state index in [9.17, 15) is 22.0 Å². The summed E-state index contributed by atoms with van der Waals surface area (Å²) < 4.78 is 55.7. The van der Waals surface area contributed by atoms with Gasteiger partial charge in [-0.1, -0.05) is 23.7 Å². The minimum Gasteiger partial charge on any atom is -0.336 e. The number of nitrogens with one attached hydrogen (secondary N) is 1. The molecule has 0 bridgehead atoms. The molecule has 6 nitrogen and oxygen atoms in total. The highest BCUT2D eigenvalue weighted by atomic mass is 35.5. The Bertz CT molecular complexity index is 1100. The van der Waals surface area contributed by atoms with Gasteiger partial charge in [-0.05, 0) is 43.7 Å². The van der Waals surface area contributed by atoms with Gasteiger partial charge in [0.2, 0.25) is 0 Å². The van der Waals surface area contributed by atoms with Crippen molar-refractivity contribution in [2.45, 2.75) is 23.8 Å². The lowest BCUT2D eigenvalue weighted by Crippen LogP contribution is -2.52. The van der Waals surface area contributed by atoms with Gasteiger partial charge in [-0.2, -0.15) is 0 Å². The van der Waals surface area contributed by atoms with Crippen LogP contribution in [0.5, 0.6) is 0 Å². The molecule has 0 aromatic heterocycles. The predicted octanol–water partition coefficient (Wildman–Crippen LogP) is 3.34. The molecule has 2 heterocycles. The summed E-state index contributed by atoms with van der Waals surface area (Å²) in [6.45, 7) is 2.74. The summed E-state index contributed by atoms with van der Waals surface area (Å²) in [5.41, 5.74) is -0.421. The van der Waals surface area contributed by atoms with Crippen LogP contribution in [0.1, 0.15) is 23.2 Å². The number of sulfonamides is 1. The molecule has 0 unspecified atom stereocenters. The molecule has 1 amide bonds. The molecule has 0 spiro atoms. The minimum atomic E-state index is -4.49. The van der Waals surface area contributed by atoms with Crippen LogP contribution in [0.25, 0.3) is 0 Å². The average Bonchev–Trinajstić information content (AvgIpc) is 3.17. The number of para-hydroxylation sites is 1. The van der Waals surface area contributed by atoms with Crippen molar-refractivity contribution in [2.75, 3.05) is 30.9 Å². The SMILES string of the molecule is O=C(c1cc(S(=O)(=O)Nc2ccccc2F)c(F)cc1Cl)N1CCN2CCC[C@H]2C1. The largest absolute Gasteiger partial charge is 0.336 e. The second kappa shape index (κ2) is 8.13. The van der Waals surface area contributed by atoms with Crippen LogP contribution in [0.4, 0.5) is 14.5 Å². The van der Waals surface area contributed by atoms with E-state index in [1.54, 1.807) is 4.90 Å². The number of hydrogen-bond acceptors (Lipinski definition) is 4. The van der Waals surface area contributed by atoms with Crippen LogP contribution in [0, 0.1) is 11.6 Å². The molecular formula is C20H20ClF2N3O3S. The van der Waals surface area contributed by atoms with E-state index in [1.807, 2.05) is 4.72 Å². The van der Waals surface area contributed by atoms with Crippen LogP contribution < -0.4 is 4.72 Å². The van der Waals surface area contributed by atoms with Gasteiger partial charge in [0.05, 0.1) is 16.3 Å². The van der Waals surface area contributed by atoms with E-state index in [4.69, 9.17) is 11.6 Å². The third-order valence-corrected chi connectivity index (χ3v) is 7.23. The van der Waals surface area contributed by atoms with Crippen molar-refractivity contribution in [1.29, 1.82) is 0 Å². The lowest BCUT2D eigenvalue weighted by atomic mass is 10.1. The number of benzene rings is 2. The van der Waals surface area contributed by atoms with Crippen LogP contribution in [0.15, 0.2) is 41.3 Å². The van der Waals surface area contributed by atoms with E-state index in [1.165, 1.54) is 18.2 Å². The van der Waals surface area contributed by atoms with Gasteiger partial charge in [0, 0.05) is 25.7 Å². The smallest absolute Gasteiger partial charge is 0.264 e. The summed E-state index contributed by atoms with van der Waals surface area (Å²) in [6.07, 6.45) is 2.07. The molecule has 160 valence electrons. The summed E-state index contributed by atoms with van der Waals surface area (Å²) in [7, 11) is -4.49. The molecule has 2 fully saturated rings. The molecule has 2 aliphatic rings. The maximum atomic E-state index is 14.5. The van der Waals surface area contributed by atoms with Crippen molar-refractivity contribution >= 4 is 33.2 Å². The van der Waals surface area contributed by atoms with Crippen LogP contribution in [0.2, 0.25) is 5.02 Å². The molecule has 0 aliphatic carbocycles. The zero-order chi connectivity index (χ0) is 21.5. The van der Waals surface area contributed by atoms with E-state index in [2.05, 4.69) is 4.90 Å². The Morgan fingerprint density at radius 1 is 1.10 bits per heavy atom. The fourth-order valence-electron chi connectivity index (χ4n) is 3.99. The highest BCUT2D eigenvalue weighted by Crippen LogP contribution is 2.29. The second-order valence-electron chi connectivity index (χ2n) is 7.43. The Hall–Kier alpha value is -2.23. The number of nitrogens with zero attached hydrogens (tertiary/aromatic N) is 2. The van der Waals surface area contributed by atoms with Gasteiger partial charge in [-0.25, -0.2) is 17.2 Å². The van der Waals surface area contributed by atoms with Crippen molar-refractivity contribution < 1.29 is 22.0 Å². The monoisotopic (exact) mass is 455 g/mol. The van der Waals surface area contributed by atoms with Gasteiger partial charge >= 0.3 is 0 Å². The first-order valence-corrected chi connectivity index (χ1v) is 11.4. The van der Waals surface area contributed by atoms with Crippen molar-refractivity contribution in [3.8, 4) is 0 Å². The molecule has 2 aromatic rings. The quantitative estimate of drug-likeness (QED) is 0.767. The number of halogens is 3. The lowest BCUT2D eigenvalue weighted by Gasteiger charge is -2.37. The van der Waals surface area contributed by atoms with Crippen LogP contribution >= 0.6 is 11.6 Å². The van der Waals surface area contributed by atoms with Crippen molar-refractivity contribution in [3.05, 3.63) is 58.6 Å². The first-order valence-electron chi connectivity index (χ1n) is 9.56. The molecule has 2 saturated heterocycles. The van der Waals surface area contributed by atoms with Crippen molar-refractivity contribution in [1.82, 2.24) is 9.80 Å². The van der Waals surface area contributed by atoms with E-state index in [-0.39, 0.29) is 22.3 Å². The Kier molecular flexibility index (Phi) is 5.69. The van der Waals surface area contributed by atoms with Crippen molar-refractivity contribution in [2.24, 2.45) is 0 Å². The molecule has 0 radical (unpaired) electrons. The highest BCUT2D eigenvalue weighted by Gasteiger charge is 2.34. The number of fused-ring (bicyclic) bond motifs is 1. The molecule has 2 aromatic carbocycles. The Labute approximate surface area is 178 Å². The number of rotatable bonds is 4. The molecule has 1 atom stereocenters. The summed E-state index contributed by atoms with van der Waals surface area (Å²) in [4.78, 5) is 16.2. The first-order chi connectivity index (χ1) is 14.3. The number of amides is 1. The number of hydrogen-bond donors (Lipinski definition) is 1. The molecule has 30 heavy (non-hydrogen) atoms. The topological polar surface area (TPSA) is 69.7 Å². The minimum absolute atomic E-state index is 0.0987. The normalized spacial score (nSPS) is 19.6. The Balaban J connectivity index is 1.63. The van der Waals surface area contributed by atoms with E-state index in [0.717, 1.165) is 44.1 Å². The number of carbonyl (C=O) groups excluding carboxylic acids is 1. The van der Waals surface area contributed by atoms with Gasteiger partial charge in [-0.15, -0.1) is 0 Å². The van der Waals surface area contributed by atoms with E-state index >= 15 is 0 Å². The fourth-order valence-corrected chi connectivity index (χ4v) is 5.37. The molecule has 1 N–H and O–H groups in total. The van der Waals surface area contributed by atoms with Crippen LogP contribution in [0.3, 0.4) is 0 Å². The summed E-state index contributed by atoms with van der Waals surface area (Å²) in [5.74, 6) is -2.38. The third-order valence-electron chi connectivity index (χ3n) is 5.53. The highest BCUT2D eigenvalue weighted by molar-refractivity contribution is 7.92. The predicted molar refractivity (Wildman–Crippen MR) is 109 cm³/mol. The van der Waals surface area contributed by atoms with Crippen LogP contribution in [-0.2, 0) is 10.0 Å². The molecule has 2 aliphatic heterocycles. The second-order valence-corrected chi connectivity index (χ2v) is 9.49. The average molecular weight is 456 g/mol. The summed E-state index contributed by atoms with van der Waals surface area (Å²) in [5, 5.41) is -0.170. The number of carbonyl (C=O) groups is 1. The van der Waals surface area contributed by atoms with Gasteiger partial charge in [0.1, 0.15) is 16.5 Å². The van der Waals surface area contributed by atoms with E-state index < -0.39 is 32.5 Å². The third kappa shape index (κ3) is 4.01. The number of piperazine rings is 1. The first kappa shape index (κ1) is 21.0. The van der Waals surface area contributed by atoms with Gasteiger partial charge in [0.15, 0.2) is 0 Å². The zero-order valence-electron chi connectivity index (χ0n) is 15.9. The fraction of sp³-hybridized carbons (Fsp3) is 0.350. The molecule has 10 heteroatoms. The van der Waals surface area contributed by atoms with Gasteiger partial charge in [-0.3, -0.25) is 14.4 Å². The lowest BCUT2D eigenvalue weighted by molar-refractivity contribution is 0.0571. The van der Waals surface area contributed by atoms with Gasteiger partial charge in [0.25, 0.3) is 15.9 Å². The maximum absolute atomic E-state index is 14.5. The Morgan fingerprint density at radius 2 is 1.87 bits per heavy atom. The Morgan fingerprint density at radius 3 is 2.63 bits per heavy atom. The molecular weight excluding hydrogens is 436 g/mol. The van der Waals surface area contributed by atoms with Gasteiger partial charge < -0.3 is 4.90 Å². The summed E-state index contributed by atoms with van der Waals surface area (Å²) >= 11 is 6.09.